The fraction of sp³-hybridized carbons (Fsp3) is 0.143. The van der Waals surface area contributed by atoms with Crippen LogP contribution in [0.5, 0.6) is 0 Å². The van der Waals surface area contributed by atoms with Crippen LogP contribution in [0.1, 0.15) is 0 Å². The summed E-state index contributed by atoms with van der Waals surface area (Å²) < 4.78 is 60.2. The number of alkyl halides is 3. The van der Waals surface area contributed by atoms with E-state index in [-0.39, 0.29) is 0 Å². The standard InChI is InChI=1S/C6H5I.CHF3O3S/c7-6-4-2-1-3-5-6;2-1(3,4)8(5,6)7/h1-5H;(H,5,6,7)/p-1. The molecule has 0 aromatic heterocycles. The lowest BCUT2D eigenvalue weighted by molar-refractivity contribution is -0.0517. The maximum atomic E-state index is 10.7. The Balaban J connectivity index is 0.000000262. The summed E-state index contributed by atoms with van der Waals surface area (Å²) in [5.41, 5.74) is -5.65. The van der Waals surface area contributed by atoms with Gasteiger partial charge in [0.05, 0.1) is 0 Å². The van der Waals surface area contributed by atoms with Crippen molar-refractivity contribution in [2.45, 2.75) is 5.51 Å². The number of halogens is 4. The van der Waals surface area contributed by atoms with Crippen LogP contribution in [0.25, 0.3) is 0 Å². The van der Waals surface area contributed by atoms with E-state index in [2.05, 4.69) is 34.7 Å². The van der Waals surface area contributed by atoms with E-state index in [1.807, 2.05) is 18.2 Å². The third-order valence-electron chi connectivity index (χ3n) is 1.02. The van der Waals surface area contributed by atoms with Crippen molar-refractivity contribution in [1.82, 2.24) is 0 Å². The highest BCUT2D eigenvalue weighted by Gasteiger charge is 2.36. The summed E-state index contributed by atoms with van der Waals surface area (Å²) in [7, 11) is -6.09. The predicted molar refractivity (Wildman–Crippen MR) is 54.9 cm³/mol. The van der Waals surface area contributed by atoms with Gasteiger partial charge < -0.3 is 4.55 Å². The Morgan fingerprint density at radius 3 is 1.60 bits per heavy atom. The van der Waals surface area contributed by atoms with Crippen LogP contribution in [0, 0.1) is 3.57 Å². The molecule has 0 bridgehead atoms. The van der Waals surface area contributed by atoms with Crippen LogP contribution in [0.4, 0.5) is 13.2 Å². The molecule has 0 spiro atoms. The molecule has 86 valence electrons. The van der Waals surface area contributed by atoms with Crippen LogP contribution in [0.2, 0.25) is 0 Å². The van der Waals surface area contributed by atoms with Crippen molar-refractivity contribution in [2.24, 2.45) is 0 Å². The van der Waals surface area contributed by atoms with E-state index in [0.717, 1.165) is 0 Å². The molecule has 3 nitrogen and oxygen atoms in total. The van der Waals surface area contributed by atoms with E-state index in [1.165, 1.54) is 3.57 Å². The van der Waals surface area contributed by atoms with Gasteiger partial charge in [-0.25, -0.2) is 8.42 Å². The first-order chi connectivity index (χ1) is 6.64. The average molecular weight is 353 g/mol. The summed E-state index contributed by atoms with van der Waals surface area (Å²) in [6.07, 6.45) is 0. The fourth-order valence-electron chi connectivity index (χ4n) is 0.415. The second-order valence-electron chi connectivity index (χ2n) is 2.20. The van der Waals surface area contributed by atoms with Crippen LogP contribution >= 0.6 is 22.6 Å². The van der Waals surface area contributed by atoms with Gasteiger partial charge in [-0.3, -0.25) is 0 Å². The van der Waals surface area contributed by atoms with E-state index in [1.54, 1.807) is 0 Å². The number of hydrogen-bond donors (Lipinski definition) is 0. The number of rotatable bonds is 0. The summed E-state index contributed by atoms with van der Waals surface area (Å²) in [5, 5.41) is 0. The molecular formula is C7H5F3IO3S-. The first-order valence-electron chi connectivity index (χ1n) is 3.37. The van der Waals surface area contributed by atoms with Gasteiger partial charge in [-0.1, -0.05) is 18.2 Å². The van der Waals surface area contributed by atoms with Crippen molar-refractivity contribution < 1.29 is 26.1 Å². The molecule has 0 saturated carbocycles. The quantitative estimate of drug-likeness (QED) is 0.409. The van der Waals surface area contributed by atoms with Gasteiger partial charge in [0, 0.05) is 3.57 Å². The Morgan fingerprint density at radius 1 is 1.13 bits per heavy atom. The van der Waals surface area contributed by atoms with E-state index in [4.69, 9.17) is 13.0 Å². The number of benzene rings is 1. The largest absolute Gasteiger partial charge is 0.741 e. The minimum Gasteiger partial charge on any atom is -0.741 e. The molecule has 0 amide bonds. The van der Waals surface area contributed by atoms with Gasteiger partial charge >= 0.3 is 5.51 Å². The van der Waals surface area contributed by atoms with Crippen molar-refractivity contribution >= 4 is 32.7 Å². The lowest BCUT2D eigenvalue weighted by Gasteiger charge is -2.08. The molecule has 8 heteroatoms. The SMILES string of the molecule is Ic1ccccc1.O=S(=O)([O-])C(F)(F)F. The van der Waals surface area contributed by atoms with Crippen molar-refractivity contribution in [1.29, 1.82) is 0 Å². The molecule has 0 saturated heterocycles. The monoisotopic (exact) mass is 353 g/mol. The molecule has 1 aromatic carbocycles. The summed E-state index contributed by atoms with van der Waals surface area (Å²) in [4.78, 5) is 0. The van der Waals surface area contributed by atoms with Gasteiger partial charge in [-0.15, -0.1) is 0 Å². The minimum absolute atomic E-state index is 1.29. The molecule has 15 heavy (non-hydrogen) atoms. The minimum atomic E-state index is -6.09. The van der Waals surface area contributed by atoms with E-state index in [0.29, 0.717) is 0 Å². The molecule has 0 fully saturated rings. The first-order valence-corrected chi connectivity index (χ1v) is 5.86. The van der Waals surface area contributed by atoms with E-state index >= 15 is 0 Å². The predicted octanol–water partition coefficient (Wildman–Crippen LogP) is 2.34. The molecule has 0 atom stereocenters. The molecule has 1 rings (SSSR count). The second-order valence-corrected chi connectivity index (χ2v) is 4.81. The number of hydrogen-bond acceptors (Lipinski definition) is 3. The van der Waals surface area contributed by atoms with Crippen LogP contribution < -0.4 is 0 Å². The molecule has 0 heterocycles. The van der Waals surface area contributed by atoms with Gasteiger partial charge in [0.15, 0.2) is 10.1 Å². The molecule has 1 aromatic rings. The van der Waals surface area contributed by atoms with Gasteiger partial charge in [0.1, 0.15) is 0 Å². The Morgan fingerprint density at radius 2 is 1.47 bits per heavy atom. The molecular weight excluding hydrogens is 348 g/mol. The Labute approximate surface area is 98.2 Å². The van der Waals surface area contributed by atoms with Crippen molar-refractivity contribution in [2.75, 3.05) is 0 Å². The van der Waals surface area contributed by atoms with Crippen molar-refractivity contribution in [3.8, 4) is 0 Å². The zero-order chi connectivity index (χ0) is 12.1. The van der Waals surface area contributed by atoms with E-state index < -0.39 is 15.6 Å². The van der Waals surface area contributed by atoms with E-state index in [9.17, 15) is 13.2 Å². The van der Waals surface area contributed by atoms with Gasteiger partial charge in [-0.2, -0.15) is 13.2 Å². The summed E-state index contributed by atoms with van der Waals surface area (Å²) in [6, 6.07) is 10.2. The first kappa shape index (κ1) is 14.6. The fourth-order valence-corrected chi connectivity index (χ4v) is 0.830. The maximum absolute atomic E-state index is 10.7. The zero-order valence-corrected chi connectivity index (χ0v) is 10.0. The lowest BCUT2D eigenvalue weighted by Crippen LogP contribution is -2.21. The lowest BCUT2D eigenvalue weighted by atomic mass is 10.4. The third kappa shape index (κ3) is 6.68. The van der Waals surface area contributed by atoms with Crippen LogP contribution in [-0.4, -0.2) is 18.5 Å². The van der Waals surface area contributed by atoms with Crippen LogP contribution in [0.15, 0.2) is 30.3 Å². The van der Waals surface area contributed by atoms with Gasteiger partial charge in [0.2, 0.25) is 0 Å². The average Bonchev–Trinajstić information content (AvgIpc) is 2.02. The second kappa shape index (κ2) is 5.66. The van der Waals surface area contributed by atoms with Gasteiger partial charge in [-0.05, 0) is 34.7 Å². The van der Waals surface area contributed by atoms with Crippen LogP contribution in [0.3, 0.4) is 0 Å². The Bertz CT molecular complexity index is 388. The maximum Gasteiger partial charge on any atom is 0.485 e. The zero-order valence-electron chi connectivity index (χ0n) is 7.03. The molecule has 0 unspecified atom stereocenters. The Hall–Kier alpha value is -0.350. The molecule has 0 N–H and O–H groups in total. The summed E-state index contributed by atoms with van der Waals surface area (Å²) in [5.74, 6) is 0. The highest BCUT2D eigenvalue weighted by Crippen LogP contribution is 2.20. The topological polar surface area (TPSA) is 57.2 Å². The highest BCUT2D eigenvalue weighted by molar-refractivity contribution is 14.1. The molecule has 0 aliphatic rings. The van der Waals surface area contributed by atoms with Crippen molar-refractivity contribution in [3.05, 3.63) is 33.9 Å². The summed E-state index contributed by atoms with van der Waals surface area (Å²) in [6.45, 7) is 0. The van der Waals surface area contributed by atoms with Crippen LogP contribution in [-0.2, 0) is 10.1 Å². The van der Waals surface area contributed by atoms with Gasteiger partial charge in [0.25, 0.3) is 0 Å². The highest BCUT2D eigenvalue weighted by atomic mass is 127. The normalized spacial score (nSPS) is 11.5. The molecule has 0 radical (unpaired) electrons. The smallest absolute Gasteiger partial charge is 0.485 e. The molecule has 0 aliphatic heterocycles. The Kier molecular flexibility index (Phi) is 5.53. The molecule has 0 aliphatic carbocycles. The third-order valence-corrected chi connectivity index (χ3v) is 2.30. The summed E-state index contributed by atoms with van der Waals surface area (Å²) >= 11 is 2.28. The van der Waals surface area contributed by atoms with Crippen molar-refractivity contribution in [3.63, 3.8) is 0 Å².